The fourth-order valence-corrected chi connectivity index (χ4v) is 4.87. The number of carbonyl (C=O) groups is 1. The van der Waals surface area contributed by atoms with Crippen molar-refractivity contribution in [3.8, 4) is 0 Å². The van der Waals surface area contributed by atoms with E-state index in [-0.39, 0.29) is 17.4 Å². The van der Waals surface area contributed by atoms with E-state index in [4.69, 9.17) is 4.98 Å². The van der Waals surface area contributed by atoms with Gasteiger partial charge in [0.2, 0.25) is 0 Å². The number of piperidine rings is 1. The number of fused-ring (bicyclic) bond motifs is 1. The molecule has 172 valence electrons. The third-order valence-electron chi connectivity index (χ3n) is 6.81. The predicted molar refractivity (Wildman–Crippen MR) is 125 cm³/mol. The van der Waals surface area contributed by atoms with Crippen molar-refractivity contribution in [2.45, 2.75) is 45.2 Å². The van der Waals surface area contributed by atoms with Gasteiger partial charge >= 0.3 is 0 Å². The lowest BCUT2D eigenvalue weighted by Gasteiger charge is -2.32. The van der Waals surface area contributed by atoms with Gasteiger partial charge in [-0.1, -0.05) is 17.7 Å². The van der Waals surface area contributed by atoms with Crippen molar-refractivity contribution < 1.29 is 4.79 Å². The normalized spacial score (nSPS) is 17.2. The Balaban J connectivity index is 1.24. The van der Waals surface area contributed by atoms with Crippen LogP contribution < -0.4 is 5.56 Å². The highest BCUT2D eigenvalue weighted by Crippen LogP contribution is 2.27. The number of nitrogens with one attached hydrogen (secondary N) is 1. The standard InChI is InChI=1S/C25H30N6O2/c1-17-3-5-20(6-4-17)25(33)31-12-9-22-21(16-31)24(32)28-23(27-22)19-7-10-30(11-8-19)15-18-13-26-29(2)14-18/h3-6,13-14,19H,7-12,15-16H2,1-2H3,(H,27,28,32). The molecule has 1 N–H and O–H groups in total. The fourth-order valence-electron chi connectivity index (χ4n) is 4.87. The summed E-state index contributed by atoms with van der Waals surface area (Å²) in [6, 6.07) is 7.57. The van der Waals surface area contributed by atoms with Crippen LogP contribution in [-0.4, -0.2) is 55.1 Å². The van der Waals surface area contributed by atoms with Crippen molar-refractivity contribution in [2.24, 2.45) is 7.05 Å². The Bertz CT molecular complexity index is 1200. The van der Waals surface area contributed by atoms with Gasteiger partial charge in [-0.3, -0.25) is 19.2 Å². The quantitative estimate of drug-likeness (QED) is 0.665. The van der Waals surface area contributed by atoms with Crippen molar-refractivity contribution in [1.29, 1.82) is 0 Å². The molecule has 8 heteroatoms. The van der Waals surface area contributed by atoms with Gasteiger partial charge in [0, 0.05) is 49.8 Å². The molecular formula is C25H30N6O2. The minimum absolute atomic E-state index is 0.0369. The van der Waals surface area contributed by atoms with Gasteiger partial charge in [0.25, 0.3) is 11.5 Å². The molecular weight excluding hydrogens is 416 g/mol. The molecule has 0 aliphatic carbocycles. The van der Waals surface area contributed by atoms with Crippen LogP contribution in [0.2, 0.25) is 0 Å². The van der Waals surface area contributed by atoms with Gasteiger partial charge in [0.1, 0.15) is 5.82 Å². The predicted octanol–water partition coefficient (Wildman–Crippen LogP) is 2.39. The minimum atomic E-state index is -0.103. The lowest BCUT2D eigenvalue weighted by molar-refractivity contribution is 0.0732. The maximum atomic E-state index is 12.9. The van der Waals surface area contributed by atoms with Gasteiger partial charge in [0.15, 0.2) is 0 Å². The van der Waals surface area contributed by atoms with Crippen LogP contribution in [0.15, 0.2) is 41.5 Å². The van der Waals surface area contributed by atoms with Gasteiger partial charge in [-0.15, -0.1) is 0 Å². The summed E-state index contributed by atoms with van der Waals surface area (Å²) in [4.78, 5) is 37.9. The van der Waals surface area contributed by atoms with Crippen LogP contribution in [0.4, 0.5) is 0 Å². The Kier molecular flexibility index (Phi) is 5.85. The number of hydrogen-bond donors (Lipinski definition) is 1. The van der Waals surface area contributed by atoms with Crippen LogP contribution in [0.3, 0.4) is 0 Å². The summed E-state index contributed by atoms with van der Waals surface area (Å²) in [7, 11) is 1.94. The number of amides is 1. The molecule has 0 bridgehead atoms. The van der Waals surface area contributed by atoms with Crippen LogP contribution >= 0.6 is 0 Å². The van der Waals surface area contributed by atoms with E-state index in [0.29, 0.717) is 30.6 Å². The minimum Gasteiger partial charge on any atom is -0.334 e. The maximum Gasteiger partial charge on any atom is 0.256 e. The first-order valence-corrected chi connectivity index (χ1v) is 11.6. The Labute approximate surface area is 193 Å². The van der Waals surface area contributed by atoms with E-state index in [1.54, 1.807) is 4.90 Å². The van der Waals surface area contributed by atoms with Gasteiger partial charge in [0.05, 0.1) is 24.0 Å². The van der Waals surface area contributed by atoms with Gasteiger partial charge in [-0.05, 0) is 45.0 Å². The van der Waals surface area contributed by atoms with E-state index in [0.717, 1.165) is 49.6 Å². The zero-order valence-electron chi connectivity index (χ0n) is 19.3. The van der Waals surface area contributed by atoms with E-state index in [9.17, 15) is 9.59 Å². The number of aromatic nitrogens is 4. The molecule has 0 saturated carbocycles. The van der Waals surface area contributed by atoms with E-state index >= 15 is 0 Å². The zero-order valence-corrected chi connectivity index (χ0v) is 19.3. The van der Waals surface area contributed by atoms with E-state index < -0.39 is 0 Å². The molecule has 0 radical (unpaired) electrons. The second-order valence-electron chi connectivity index (χ2n) is 9.29. The second kappa shape index (κ2) is 8.94. The van der Waals surface area contributed by atoms with Gasteiger partial charge in [-0.2, -0.15) is 5.10 Å². The lowest BCUT2D eigenvalue weighted by Crippen LogP contribution is -2.40. The molecule has 2 aromatic heterocycles. The average molecular weight is 447 g/mol. The molecule has 0 spiro atoms. The Hall–Kier alpha value is -3.26. The highest BCUT2D eigenvalue weighted by molar-refractivity contribution is 5.94. The SMILES string of the molecule is Cc1ccc(C(=O)N2CCc3nc(C4CCN(Cc5cnn(C)c5)CC4)[nH]c(=O)c3C2)cc1. The van der Waals surface area contributed by atoms with Crippen molar-refractivity contribution in [1.82, 2.24) is 29.5 Å². The number of H-pyrrole nitrogens is 1. The number of aryl methyl sites for hydroxylation is 2. The average Bonchev–Trinajstić information content (AvgIpc) is 3.24. The van der Waals surface area contributed by atoms with Crippen LogP contribution in [0.1, 0.15) is 57.3 Å². The maximum absolute atomic E-state index is 12.9. The number of likely N-dealkylation sites (tertiary alicyclic amines) is 1. The molecule has 3 aromatic rings. The molecule has 2 aliphatic heterocycles. The number of benzene rings is 1. The van der Waals surface area contributed by atoms with Crippen molar-refractivity contribution in [2.75, 3.05) is 19.6 Å². The number of nitrogens with zero attached hydrogens (tertiary/aromatic N) is 5. The third-order valence-corrected chi connectivity index (χ3v) is 6.81. The van der Waals surface area contributed by atoms with Crippen LogP contribution in [0.5, 0.6) is 0 Å². The molecule has 0 unspecified atom stereocenters. The summed E-state index contributed by atoms with van der Waals surface area (Å²) in [5, 5.41) is 4.25. The highest BCUT2D eigenvalue weighted by atomic mass is 16.2. The summed E-state index contributed by atoms with van der Waals surface area (Å²) < 4.78 is 1.83. The summed E-state index contributed by atoms with van der Waals surface area (Å²) in [5.41, 5.74) is 4.36. The molecule has 1 aromatic carbocycles. The topological polar surface area (TPSA) is 87.1 Å². The largest absolute Gasteiger partial charge is 0.334 e. The second-order valence-corrected chi connectivity index (χ2v) is 9.29. The number of aromatic amines is 1. The Morgan fingerprint density at radius 1 is 1.15 bits per heavy atom. The number of hydrogen-bond acceptors (Lipinski definition) is 5. The molecule has 8 nitrogen and oxygen atoms in total. The first-order chi connectivity index (χ1) is 16.0. The summed E-state index contributed by atoms with van der Waals surface area (Å²) in [5.74, 6) is 1.03. The molecule has 1 amide bonds. The monoisotopic (exact) mass is 446 g/mol. The van der Waals surface area contributed by atoms with E-state index in [1.807, 2.05) is 49.1 Å². The first-order valence-electron chi connectivity index (χ1n) is 11.6. The molecule has 1 fully saturated rings. The van der Waals surface area contributed by atoms with Gasteiger partial charge < -0.3 is 9.88 Å². The summed E-state index contributed by atoms with van der Waals surface area (Å²) >= 11 is 0. The summed E-state index contributed by atoms with van der Waals surface area (Å²) in [6.07, 6.45) is 6.53. The van der Waals surface area contributed by atoms with Crippen molar-refractivity contribution in [3.05, 3.63) is 80.8 Å². The molecule has 5 rings (SSSR count). The third kappa shape index (κ3) is 4.61. The molecule has 0 atom stereocenters. The lowest BCUT2D eigenvalue weighted by atomic mass is 9.95. The van der Waals surface area contributed by atoms with Crippen molar-refractivity contribution in [3.63, 3.8) is 0 Å². The summed E-state index contributed by atoms with van der Waals surface area (Å²) in [6.45, 7) is 5.74. The molecule has 1 saturated heterocycles. The Morgan fingerprint density at radius 3 is 2.61 bits per heavy atom. The fraction of sp³-hybridized carbons (Fsp3) is 0.440. The Morgan fingerprint density at radius 2 is 1.91 bits per heavy atom. The molecule has 4 heterocycles. The zero-order chi connectivity index (χ0) is 22.9. The van der Waals surface area contributed by atoms with Crippen molar-refractivity contribution >= 4 is 5.91 Å². The number of rotatable bonds is 4. The number of carbonyl (C=O) groups excluding carboxylic acids is 1. The van der Waals surface area contributed by atoms with E-state index in [2.05, 4.69) is 21.2 Å². The van der Waals surface area contributed by atoms with Crippen LogP contribution in [0.25, 0.3) is 0 Å². The highest BCUT2D eigenvalue weighted by Gasteiger charge is 2.28. The molecule has 2 aliphatic rings. The van der Waals surface area contributed by atoms with Gasteiger partial charge in [-0.25, -0.2) is 4.98 Å². The van der Waals surface area contributed by atoms with Crippen LogP contribution in [0, 0.1) is 6.92 Å². The molecule has 33 heavy (non-hydrogen) atoms. The van der Waals surface area contributed by atoms with Crippen LogP contribution in [-0.2, 0) is 26.6 Å². The smallest absolute Gasteiger partial charge is 0.256 e. The first kappa shape index (κ1) is 21.6. The van der Waals surface area contributed by atoms with E-state index in [1.165, 1.54) is 5.56 Å².